The van der Waals surface area contributed by atoms with Crippen LogP contribution in [0.4, 0.5) is 87.8 Å². The summed E-state index contributed by atoms with van der Waals surface area (Å²) in [5.74, 6) is -61.7. The van der Waals surface area contributed by atoms with Crippen molar-refractivity contribution in [3.63, 3.8) is 0 Å². The number of halogens is 20. The quantitative estimate of drug-likeness (QED) is 0.110. The van der Waals surface area contributed by atoms with E-state index in [4.69, 9.17) is 0 Å². The van der Waals surface area contributed by atoms with Crippen molar-refractivity contribution in [1.82, 2.24) is 0 Å². The van der Waals surface area contributed by atoms with Crippen LogP contribution in [0.25, 0.3) is 22.3 Å². The molecule has 0 unspecified atom stereocenters. The van der Waals surface area contributed by atoms with Gasteiger partial charge in [0.1, 0.15) is 0 Å². The molecule has 0 atom stereocenters. The lowest BCUT2D eigenvalue weighted by Gasteiger charge is -2.29. The molecule has 0 nitrogen and oxygen atoms in total. The molecule has 1 aliphatic carbocycles. The largest absolute Gasteiger partial charge is 0.203 e. The normalized spacial score (nSPS) is 14.5. The number of rotatable bonds is 4. The van der Waals surface area contributed by atoms with E-state index in [1.165, 1.54) is 0 Å². The second kappa shape index (κ2) is 12.0. The van der Waals surface area contributed by atoms with Crippen molar-refractivity contribution >= 4 is 22.3 Å². The van der Waals surface area contributed by atoms with Crippen LogP contribution >= 0.6 is 0 Å². The van der Waals surface area contributed by atoms with E-state index in [-0.39, 0.29) is 13.8 Å². The van der Waals surface area contributed by atoms with Crippen molar-refractivity contribution in [2.24, 2.45) is 5.41 Å². The molecule has 20 heteroatoms. The molecule has 0 spiro atoms. The molecule has 5 rings (SSSR count). The van der Waals surface area contributed by atoms with E-state index < -0.39 is 166 Å². The van der Waals surface area contributed by atoms with Crippen LogP contribution in [0.1, 0.15) is 36.1 Å². The van der Waals surface area contributed by atoms with Gasteiger partial charge in [-0.05, 0) is 11.1 Å². The van der Waals surface area contributed by atoms with Crippen LogP contribution in [-0.2, 0) is 0 Å². The fraction of sp³-hybridized carbons (Fsp3) is 0.0968. The average Bonchev–Trinajstić information content (AvgIpc) is 3.30. The minimum absolute atomic E-state index is 0.193. The Morgan fingerprint density at radius 2 is 0.353 bits per heavy atom. The van der Waals surface area contributed by atoms with Crippen LogP contribution < -0.4 is 0 Å². The molecule has 0 aliphatic heterocycles. The zero-order chi connectivity index (χ0) is 38.7. The highest BCUT2D eigenvalue weighted by atomic mass is 19.2. The lowest BCUT2D eigenvalue weighted by Crippen LogP contribution is -2.20. The maximum Gasteiger partial charge on any atom is 0.200 e. The summed E-state index contributed by atoms with van der Waals surface area (Å²) in [6.07, 6.45) is 0. The fourth-order valence-corrected chi connectivity index (χ4v) is 5.67. The summed E-state index contributed by atoms with van der Waals surface area (Å²) in [4.78, 5) is 0. The summed E-state index contributed by atoms with van der Waals surface area (Å²) in [6, 6.07) is 0. The van der Waals surface area contributed by atoms with Crippen molar-refractivity contribution in [2.45, 2.75) is 13.8 Å². The van der Waals surface area contributed by atoms with Gasteiger partial charge in [0, 0.05) is 16.6 Å². The van der Waals surface area contributed by atoms with Gasteiger partial charge in [-0.25, -0.2) is 87.8 Å². The molecular weight excluding hydrogens is 752 g/mol. The Bertz CT molecular complexity index is 2050. The predicted molar refractivity (Wildman–Crippen MR) is 132 cm³/mol. The minimum atomic E-state index is -3.51. The molecule has 0 radical (unpaired) electrons. The Morgan fingerprint density at radius 3 is 0.529 bits per heavy atom. The molecule has 0 amide bonds. The fourth-order valence-electron chi connectivity index (χ4n) is 5.67. The molecule has 0 saturated carbocycles. The van der Waals surface area contributed by atoms with Gasteiger partial charge in [-0.1, -0.05) is 13.8 Å². The van der Waals surface area contributed by atoms with E-state index in [1.807, 2.05) is 0 Å². The summed E-state index contributed by atoms with van der Waals surface area (Å²) in [5, 5.41) is 0. The Balaban J connectivity index is 2.28. The third-order valence-corrected chi connectivity index (χ3v) is 7.84. The molecule has 0 heterocycles. The Hall–Kier alpha value is -5.04. The summed E-state index contributed by atoms with van der Waals surface area (Å²) in [6.45, 7) is 0.387. The molecule has 0 N–H and O–H groups in total. The maximum absolute atomic E-state index is 15.5. The molecular formula is C31H6F20. The topological polar surface area (TPSA) is 0 Å². The maximum atomic E-state index is 15.5. The first-order chi connectivity index (χ1) is 23.5. The molecule has 51 heavy (non-hydrogen) atoms. The van der Waals surface area contributed by atoms with Crippen LogP contribution in [0.2, 0.25) is 0 Å². The van der Waals surface area contributed by atoms with Gasteiger partial charge in [-0.2, -0.15) is 0 Å². The highest BCUT2D eigenvalue weighted by molar-refractivity contribution is 6.29. The second-order valence-corrected chi connectivity index (χ2v) is 10.9. The van der Waals surface area contributed by atoms with Crippen LogP contribution in [0.5, 0.6) is 0 Å². The first kappa shape index (κ1) is 37.2. The summed E-state index contributed by atoms with van der Waals surface area (Å²) in [5.41, 5.74) is -23.5. The van der Waals surface area contributed by atoms with Gasteiger partial charge in [-0.3, -0.25) is 0 Å². The number of hydrogen-bond donors (Lipinski definition) is 0. The van der Waals surface area contributed by atoms with E-state index in [9.17, 15) is 52.7 Å². The van der Waals surface area contributed by atoms with Gasteiger partial charge in [0.25, 0.3) is 0 Å². The third-order valence-electron chi connectivity index (χ3n) is 7.84. The van der Waals surface area contributed by atoms with Gasteiger partial charge in [0.2, 0.25) is 23.3 Å². The number of hydrogen-bond acceptors (Lipinski definition) is 0. The zero-order valence-corrected chi connectivity index (χ0v) is 24.1. The first-order valence-corrected chi connectivity index (χ1v) is 13.0. The zero-order valence-electron chi connectivity index (χ0n) is 24.1. The lowest BCUT2D eigenvalue weighted by molar-refractivity contribution is 0.373. The van der Waals surface area contributed by atoms with Crippen LogP contribution in [0.3, 0.4) is 0 Å². The highest BCUT2D eigenvalue weighted by Gasteiger charge is 2.51. The number of allylic oxidation sites excluding steroid dienone is 4. The molecule has 0 bridgehead atoms. The summed E-state index contributed by atoms with van der Waals surface area (Å²) < 4.78 is 297. The van der Waals surface area contributed by atoms with Gasteiger partial charge < -0.3 is 0 Å². The van der Waals surface area contributed by atoms with Crippen molar-refractivity contribution < 1.29 is 87.8 Å². The van der Waals surface area contributed by atoms with E-state index in [1.54, 1.807) is 0 Å². The van der Waals surface area contributed by atoms with E-state index in [0.29, 0.717) is 0 Å². The lowest BCUT2D eigenvalue weighted by atomic mass is 9.73. The molecule has 4 aromatic carbocycles. The standard InChI is InChI=1S/C31H6F20/c1-31(2)9(7-15(36)23(44)29(50)24(45)16(7)37)3(5-11(32)19(40)27(48)20(41)12(5)33)4(6-13(34)21(42)28(49)22(43)14(6)35)10(31)8-17(38)25(46)30(51)26(47)18(8)39/h1-2H3. The monoisotopic (exact) mass is 758 g/mol. The smallest absolute Gasteiger partial charge is 0.200 e. The van der Waals surface area contributed by atoms with Gasteiger partial charge >= 0.3 is 0 Å². The van der Waals surface area contributed by atoms with E-state index in [2.05, 4.69) is 0 Å². The van der Waals surface area contributed by atoms with Gasteiger partial charge in [0.15, 0.2) is 93.1 Å². The van der Waals surface area contributed by atoms with Crippen molar-refractivity contribution in [1.29, 1.82) is 0 Å². The minimum Gasteiger partial charge on any atom is -0.203 e. The van der Waals surface area contributed by atoms with E-state index in [0.717, 1.165) is 0 Å². The molecule has 0 aromatic heterocycles. The van der Waals surface area contributed by atoms with Gasteiger partial charge in [0.05, 0.1) is 22.3 Å². The van der Waals surface area contributed by atoms with Crippen LogP contribution in [-0.4, -0.2) is 0 Å². The average molecular weight is 758 g/mol. The summed E-state index contributed by atoms with van der Waals surface area (Å²) in [7, 11) is 0. The Labute approximate surface area is 268 Å². The molecule has 270 valence electrons. The highest BCUT2D eigenvalue weighted by Crippen LogP contribution is 2.64. The molecule has 4 aromatic rings. The SMILES string of the molecule is CC1(C)C(c2c(F)c(F)c(F)c(F)c2F)=C(c2c(F)c(F)c(F)c(F)c2F)C(c2c(F)c(F)c(F)c(F)c2F)=C1c1c(F)c(F)c(F)c(F)c1F. The number of benzene rings is 4. The second-order valence-electron chi connectivity index (χ2n) is 10.9. The first-order valence-electron chi connectivity index (χ1n) is 13.0. The summed E-state index contributed by atoms with van der Waals surface area (Å²) >= 11 is 0. The van der Waals surface area contributed by atoms with E-state index >= 15 is 35.1 Å². The van der Waals surface area contributed by atoms with Crippen LogP contribution in [0, 0.1) is 122 Å². The van der Waals surface area contributed by atoms with Crippen LogP contribution in [0.15, 0.2) is 0 Å². The molecule has 0 saturated heterocycles. The van der Waals surface area contributed by atoms with Gasteiger partial charge in [-0.15, -0.1) is 0 Å². The van der Waals surface area contributed by atoms with Crippen molar-refractivity contribution in [2.75, 3.05) is 0 Å². The Morgan fingerprint density at radius 1 is 0.216 bits per heavy atom. The molecule has 1 aliphatic rings. The van der Waals surface area contributed by atoms with Crippen molar-refractivity contribution in [3.8, 4) is 0 Å². The molecule has 0 fully saturated rings. The third kappa shape index (κ3) is 4.84. The van der Waals surface area contributed by atoms with Crippen molar-refractivity contribution in [3.05, 3.63) is 139 Å². The Kier molecular flexibility index (Phi) is 8.78. The predicted octanol–water partition coefficient (Wildman–Crippen LogP) is 11.0.